The van der Waals surface area contributed by atoms with Crippen molar-refractivity contribution in [3.8, 4) is 0 Å². The molecule has 0 fully saturated rings. The van der Waals surface area contributed by atoms with Crippen molar-refractivity contribution in [3.05, 3.63) is 35.8 Å². The molecule has 1 aromatic carbocycles. The highest BCUT2D eigenvalue weighted by Crippen LogP contribution is 2.27. The number of anilines is 1. The molecule has 2 aromatic rings. The summed E-state index contributed by atoms with van der Waals surface area (Å²) in [6, 6.07) is 4.37. The fourth-order valence-electron chi connectivity index (χ4n) is 1.99. The summed E-state index contributed by atoms with van der Waals surface area (Å²) in [5.74, 6) is -0.480. The molecule has 0 bridgehead atoms. The van der Waals surface area contributed by atoms with E-state index in [9.17, 15) is 9.18 Å². The summed E-state index contributed by atoms with van der Waals surface area (Å²) in [7, 11) is 0. The standard InChI is InChI=1S/C12H10FN3O/c13-7-1-2-8-10(5-7)16-6-9-11(8)14-3-4-15-12(9)17/h1-2,5-6,14H,3-4H2,(H,15,17). The van der Waals surface area contributed by atoms with Crippen LogP contribution in [0.5, 0.6) is 0 Å². The molecule has 0 saturated carbocycles. The van der Waals surface area contributed by atoms with E-state index in [1.165, 1.54) is 18.3 Å². The normalized spacial score (nSPS) is 14.8. The molecule has 5 heteroatoms. The Balaban J connectivity index is 2.31. The average molecular weight is 231 g/mol. The summed E-state index contributed by atoms with van der Waals surface area (Å²) >= 11 is 0. The zero-order chi connectivity index (χ0) is 11.8. The highest BCUT2D eigenvalue weighted by atomic mass is 19.1. The first-order chi connectivity index (χ1) is 8.25. The summed E-state index contributed by atoms with van der Waals surface area (Å²) < 4.78 is 13.1. The van der Waals surface area contributed by atoms with Crippen LogP contribution < -0.4 is 10.6 Å². The lowest BCUT2D eigenvalue weighted by Crippen LogP contribution is -2.24. The van der Waals surface area contributed by atoms with Gasteiger partial charge in [-0.15, -0.1) is 0 Å². The van der Waals surface area contributed by atoms with Gasteiger partial charge in [0.15, 0.2) is 0 Å². The summed E-state index contributed by atoms with van der Waals surface area (Å²) in [5, 5.41) is 6.70. The second-order valence-corrected chi connectivity index (χ2v) is 3.89. The first-order valence-electron chi connectivity index (χ1n) is 5.36. The van der Waals surface area contributed by atoms with Gasteiger partial charge in [-0.3, -0.25) is 9.78 Å². The Bertz CT molecular complexity index is 612. The molecule has 4 nitrogen and oxygen atoms in total. The molecule has 3 rings (SSSR count). The van der Waals surface area contributed by atoms with Crippen LogP contribution in [0.25, 0.3) is 10.9 Å². The second kappa shape index (κ2) is 3.69. The minimum atomic E-state index is -0.331. The van der Waals surface area contributed by atoms with E-state index in [4.69, 9.17) is 0 Å². The minimum absolute atomic E-state index is 0.149. The fraction of sp³-hybridized carbons (Fsp3) is 0.167. The molecule has 2 N–H and O–H groups in total. The average Bonchev–Trinajstić information content (AvgIpc) is 2.51. The maximum atomic E-state index is 13.1. The number of fused-ring (bicyclic) bond motifs is 3. The van der Waals surface area contributed by atoms with Crippen molar-refractivity contribution in [1.29, 1.82) is 0 Å². The Kier molecular flexibility index (Phi) is 2.18. The summed E-state index contributed by atoms with van der Waals surface area (Å²) in [6.45, 7) is 1.21. The van der Waals surface area contributed by atoms with Gasteiger partial charge in [-0.1, -0.05) is 0 Å². The highest BCUT2D eigenvalue weighted by Gasteiger charge is 2.17. The van der Waals surface area contributed by atoms with Gasteiger partial charge >= 0.3 is 0 Å². The number of carbonyl (C=O) groups is 1. The van der Waals surface area contributed by atoms with E-state index in [2.05, 4.69) is 15.6 Å². The number of rotatable bonds is 0. The van der Waals surface area contributed by atoms with Crippen LogP contribution in [-0.4, -0.2) is 24.0 Å². The van der Waals surface area contributed by atoms with Gasteiger partial charge < -0.3 is 10.6 Å². The second-order valence-electron chi connectivity index (χ2n) is 3.89. The molecule has 2 heterocycles. The van der Waals surface area contributed by atoms with Gasteiger partial charge in [0, 0.05) is 30.7 Å². The number of nitrogens with zero attached hydrogens (tertiary/aromatic N) is 1. The van der Waals surface area contributed by atoms with Crippen LogP contribution in [0.3, 0.4) is 0 Å². The predicted octanol–water partition coefficient (Wildman–Crippen LogP) is 1.53. The lowest BCUT2D eigenvalue weighted by atomic mass is 10.1. The van der Waals surface area contributed by atoms with Gasteiger partial charge in [0.25, 0.3) is 5.91 Å². The zero-order valence-electron chi connectivity index (χ0n) is 8.96. The van der Waals surface area contributed by atoms with E-state index in [1.807, 2.05) is 0 Å². The van der Waals surface area contributed by atoms with Gasteiger partial charge in [0.05, 0.1) is 16.8 Å². The van der Waals surface area contributed by atoms with Crippen LogP contribution in [0.15, 0.2) is 24.4 Å². The number of hydrogen-bond acceptors (Lipinski definition) is 3. The number of carbonyl (C=O) groups excluding carboxylic acids is 1. The Labute approximate surface area is 96.8 Å². The summed E-state index contributed by atoms with van der Waals surface area (Å²) in [6.07, 6.45) is 1.48. The summed E-state index contributed by atoms with van der Waals surface area (Å²) in [4.78, 5) is 15.9. The molecule has 0 saturated heterocycles. The predicted molar refractivity (Wildman–Crippen MR) is 62.5 cm³/mol. The topological polar surface area (TPSA) is 54.0 Å². The third kappa shape index (κ3) is 1.60. The maximum absolute atomic E-state index is 13.1. The number of aromatic nitrogens is 1. The van der Waals surface area contributed by atoms with Crippen molar-refractivity contribution in [1.82, 2.24) is 10.3 Å². The molecule has 1 amide bonds. The van der Waals surface area contributed by atoms with E-state index in [0.717, 1.165) is 11.1 Å². The number of amides is 1. The van der Waals surface area contributed by atoms with Crippen LogP contribution >= 0.6 is 0 Å². The Morgan fingerprint density at radius 3 is 2.94 bits per heavy atom. The Morgan fingerprint density at radius 2 is 2.06 bits per heavy atom. The Hall–Kier alpha value is -2.17. The van der Waals surface area contributed by atoms with Gasteiger partial charge in [-0.05, 0) is 12.1 Å². The van der Waals surface area contributed by atoms with Gasteiger partial charge in [-0.2, -0.15) is 0 Å². The molecule has 1 aliphatic rings. The maximum Gasteiger partial charge on any atom is 0.255 e. The Morgan fingerprint density at radius 1 is 1.24 bits per heavy atom. The lowest BCUT2D eigenvalue weighted by Gasteiger charge is -2.09. The van der Waals surface area contributed by atoms with E-state index in [1.54, 1.807) is 6.07 Å². The monoisotopic (exact) mass is 231 g/mol. The van der Waals surface area contributed by atoms with Crippen molar-refractivity contribution < 1.29 is 9.18 Å². The smallest absolute Gasteiger partial charge is 0.255 e. The van der Waals surface area contributed by atoms with E-state index in [0.29, 0.717) is 24.2 Å². The molecule has 1 aromatic heterocycles. The molecule has 17 heavy (non-hydrogen) atoms. The van der Waals surface area contributed by atoms with E-state index < -0.39 is 0 Å². The molecule has 1 aliphatic heterocycles. The van der Waals surface area contributed by atoms with Gasteiger partial charge in [0.1, 0.15) is 5.82 Å². The van der Waals surface area contributed by atoms with Crippen LogP contribution in [-0.2, 0) is 0 Å². The van der Waals surface area contributed by atoms with Crippen molar-refractivity contribution in [2.45, 2.75) is 0 Å². The fourth-order valence-corrected chi connectivity index (χ4v) is 1.99. The molecule has 0 aliphatic carbocycles. The number of nitrogens with one attached hydrogen (secondary N) is 2. The molecule has 0 unspecified atom stereocenters. The summed E-state index contributed by atoms with van der Waals surface area (Å²) in [5.41, 5.74) is 1.78. The lowest BCUT2D eigenvalue weighted by molar-refractivity contribution is 0.0958. The molecular formula is C12H10FN3O. The third-order valence-corrected chi connectivity index (χ3v) is 2.79. The quantitative estimate of drug-likeness (QED) is 0.723. The molecule has 0 atom stereocenters. The number of hydrogen-bond donors (Lipinski definition) is 2. The first kappa shape index (κ1) is 10.0. The van der Waals surface area contributed by atoms with Crippen LogP contribution in [0.1, 0.15) is 10.4 Å². The van der Waals surface area contributed by atoms with Crippen LogP contribution in [0.2, 0.25) is 0 Å². The van der Waals surface area contributed by atoms with Gasteiger partial charge in [-0.25, -0.2) is 4.39 Å². The van der Waals surface area contributed by atoms with E-state index in [-0.39, 0.29) is 11.7 Å². The number of benzene rings is 1. The molecular weight excluding hydrogens is 221 g/mol. The number of pyridine rings is 1. The molecule has 0 radical (unpaired) electrons. The third-order valence-electron chi connectivity index (χ3n) is 2.79. The number of halogens is 1. The largest absolute Gasteiger partial charge is 0.382 e. The SMILES string of the molecule is O=C1NCCNc2c1cnc1cc(F)ccc21. The van der Waals surface area contributed by atoms with Crippen LogP contribution in [0.4, 0.5) is 10.1 Å². The highest BCUT2D eigenvalue weighted by molar-refractivity contribution is 6.07. The van der Waals surface area contributed by atoms with Crippen molar-refractivity contribution in [2.75, 3.05) is 18.4 Å². The zero-order valence-corrected chi connectivity index (χ0v) is 8.96. The van der Waals surface area contributed by atoms with E-state index >= 15 is 0 Å². The minimum Gasteiger partial charge on any atom is -0.382 e. The molecule has 86 valence electrons. The van der Waals surface area contributed by atoms with Crippen molar-refractivity contribution in [2.24, 2.45) is 0 Å². The van der Waals surface area contributed by atoms with Crippen molar-refractivity contribution in [3.63, 3.8) is 0 Å². The van der Waals surface area contributed by atoms with Crippen molar-refractivity contribution >= 4 is 22.5 Å². The van der Waals surface area contributed by atoms with Gasteiger partial charge in [0.2, 0.25) is 0 Å². The molecule has 0 spiro atoms. The van der Waals surface area contributed by atoms with Crippen LogP contribution in [0, 0.1) is 5.82 Å². The first-order valence-corrected chi connectivity index (χ1v) is 5.36.